The van der Waals surface area contributed by atoms with Crippen LogP contribution in [0.4, 0.5) is 5.69 Å². The number of aryl methyl sites for hydroxylation is 1. The van der Waals surface area contributed by atoms with Crippen LogP contribution in [-0.4, -0.2) is 42.1 Å². The van der Waals surface area contributed by atoms with Crippen LogP contribution in [-0.2, 0) is 16.0 Å². The van der Waals surface area contributed by atoms with Crippen LogP contribution in [0, 0.1) is 22.8 Å². The van der Waals surface area contributed by atoms with Crippen LogP contribution >= 0.6 is 0 Å². The van der Waals surface area contributed by atoms with Crippen LogP contribution in [0.5, 0.6) is 0 Å². The lowest BCUT2D eigenvalue weighted by Crippen LogP contribution is -2.43. The van der Waals surface area contributed by atoms with Gasteiger partial charge in [-0.1, -0.05) is 12.1 Å². The maximum atomic E-state index is 11.8. The van der Waals surface area contributed by atoms with Gasteiger partial charge in [-0.2, -0.15) is 10.5 Å². The lowest BCUT2D eigenvalue weighted by molar-refractivity contribution is -0.154. The maximum Gasteiger partial charge on any atom is 0.306 e. The van der Waals surface area contributed by atoms with E-state index >= 15 is 0 Å². The second-order valence-corrected chi connectivity index (χ2v) is 8.17. The zero-order valence-electron chi connectivity index (χ0n) is 17.1. The highest BCUT2D eigenvalue weighted by molar-refractivity contribution is 5.70. The lowest BCUT2D eigenvalue weighted by atomic mass is 10.0. The van der Waals surface area contributed by atoms with Crippen LogP contribution in [0.25, 0.3) is 0 Å². The highest BCUT2D eigenvalue weighted by Gasteiger charge is 2.24. The molecule has 1 aliphatic rings. The molecule has 0 aromatic heterocycles. The standard InChI is InChI=1S/C22H30N4O2/c1-22(2,3)28-21(27)10-7-18-5-8-19(9-6-18)25-15-11-20(12-16-25)26(17-24)14-4-13-23/h5-6,8-9,20H,4,7,10-12,14-16H2,1-3H3. The van der Waals surface area contributed by atoms with Crippen LogP contribution in [0.15, 0.2) is 24.3 Å². The Morgan fingerprint density at radius 1 is 1.21 bits per heavy atom. The van der Waals surface area contributed by atoms with E-state index in [4.69, 9.17) is 10.00 Å². The molecule has 28 heavy (non-hydrogen) atoms. The average Bonchev–Trinajstić information content (AvgIpc) is 2.66. The van der Waals surface area contributed by atoms with Gasteiger partial charge >= 0.3 is 5.97 Å². The van der Waals surface area contributed by atoms with Crippen molar-refractivity contribution in [2.24, 2.45) is 0 Å². The molecule has 0 N–H and O–H groups in total. The average molecular weight is 383 g/mol. The summed E-state index contributed by atoms with van der Waals surface area (Å²) in [6, 6.07) is 10.7. The van der Waals surface area contributed by atoms with Gasteiger partial charge in [0.15, 0.2) is 6.19 Å². The predicted octanol–water partition coefficient (Wildman–Crippen LogP) is 3.63. The summed E-state index contributed by atoms with van der Waals surface area (Å²) in [5.74, 6) is -0.169. The van der Waals surface area contributed by atoms with Crippen LogP contribution < -0.4 is 4.90 Å². The molecule has 0 unspecified atom stereocenters. The summed E-state index contributed by atoms with van der Waals surface area (Å²) in [6.45, 7) is 7.94. The molecule has 0 aliphatic carbocycles. The van der Waals surface area contributed by atoms with E-state index in [9.17, 15) is 10.1 Å². The summed E-state index contributed by atoms with van der Waals surface area (Å²) >= 11 is 0. The van der Waals surface area contributed by atoms with E-state index in [1.807, 2.05) is 20.8 Å². The first-order chi connectivity index (χ1) is 13.3. The number of anilines is 1. The minimum Gasteiger partial charge on any atom is -0.460 e. The second-order valence-electron chi connectivity index (χ2n) is 8.17. The number of carbonyl (C=O) groups is 1. The van der Waals surface area contributed by atoms with Crippen LogP contribution in [0.3, 0.4) is 0 Å². The normalized spacial score (nSPS) is 14.8. The molecule has 0 radical (unpaired) electrons. The highest BCUT2D eigenvalue weighted by atomic mass is 16.6. The molecular formula is C22H30N4O2. The Labute approximate surface area is 168 Å². The Morgan fingerprint density at radius 3 is 2.39 bits per heavy atom. The zero-order chi connectivity index (χ0) is 20.6. The van der Waals surface area contributed by atoms with Gasteiger partial charge in [0.05, 0.1) is 12.5 Å². The van der Waals surface area contributed by atoms with Crippen molar-refractivity contribution in [3.63, 3.8) is 0 Å². The van der Waals surface area contributed by atoms with Crippen molar-refractivity contribution in [3.8, 4) is 12.3 Å². The smallest absolute Gasteiger partial charge is 0.306 e. The van der Waals surface area contributed by atoms with E-state index < -0.39 is 5.60 Å². The number of hydrogen-bond donors (Lipinski definition) is 0. The fourth-order valence-corrected chi connectivity index (χ4v) is 3.43. The summed E-state index contributed by atoms with van der Waals surface area (Å²) < 4.78 is 5.35. The number of carbonyl (C=O) groups excluding carboxylic acids is 1. The monoisotopic (exact) mass is 382 g/mol. The molecule has 0 spiro atoms. The molecule has 6 nitrogen and oxygen atoms in total. The quantitative estimate of drug-likeness (QED) is 0.407. The number of piperidine rings is 1. The molecule has 1 aliphatic heterocycles. The minimum absolute atomic E-state index is 0.169. The topological polar surface area (TPSA) is 80.4 Å². The molecular weight excluding hydrogens is 352 g/mol. The third-order valence-corrected chi connectivity index (χ3v) is 4.84. The largest absolute Gasteiger partial charge is 0.460 e. The number of ether oxygens (including phenoxy) is 1. The number of nitriles is 2. The van der Waals surface area contributed by atoms with E-state index in [0.717, 1.165) is 31.5 Å². The van der Waals surface area contributed by atoms with Gasteiger partial charge in [-0.05, 0) is 57.7 Å². The number of esters is 1. The van der Waals surface area contributed by atoms with Crippen molar-refractivity contribution in [2.45, 2.75) is 64.5 Å². The van der Waals surface area contributed by atoms with Crippen LogP contribution in [0.2, 0.25) is 0 Å². The SMILES string of the molecule is CC(C)(C)OC(=O)CCc1ccc(N2CCC(N(C#N)CCC#N)CC2)cc1. The van der Waals surface area contributed by atoms with Gasteiger partial charge in [-0.3, -0.25) is 4.79 Å². The van der Waals surface area contributed by atoms with E-state index in [-0.39, 0.29) is 12.0 Å². The Bertz CT molecular complexity index is 717. The van der Waals surface area contributed by atoms with Gasteiger partial charge in [-0.25, -0.2) is 0 Å². The second kappa shape index (κ2) is 9.99. The van der Waals surface area contributed by atoms with E-state index in [2.05, 4.69) is 41.4 Å². The summed E-state index contributed by atoms with van der Waals surface area (Å²) in [7, 11) is 0. The Balaban J connectivity index is 1.82. The Morgan fingerprint density at radius 2 is 1.86 bits per heavy atom. The van der Waals surface area contributed by atoms with Crippen molar-refractivity contribution in [2.75, 3.05) is 24.5 Å². The molecule has 6 heteroatoms. The fraction of sp³-hybridized carbons (Fsp3) is 0.591. The molecule has 0 saturated carbocycles. The molecule has 0 atom stereocenters. The maximum absolute atomic E-state index is 11.8. The number of benzene rings is 1. The van der Waals surface area contributed by atoms with Crippen molar-refractivity contribution in [1.82, 2.24) is 4.90 Å². The molecule has 1 saturated heterocycles. The lowest BCUT2D eigenvalue weighted by Gasteiger charge is -2.37. The van der Waals surface area contributed by atoms with Gasteiger partial charge in [0, 0.05) is 37.8 Å². The van der Waals surface area contributed by atoms with Crippen LogP contribution in [0.1, 0.15) is 52.0 Å². The minimum atomic E-state index is -0.442. The summed E-state index contributed by atoms with van der Waals surface area (Å²) in [5, 5.41) is 18.0. The third kappa shape index (κ3) is 6.78. The first kappa shape index (κ1) is 21.6. The van der Waals surface area contributed by atoms with Crippen molar-refractivity contribution >= 4 is 11.7 Å². The molecule has 1 aromatic carbocycles. The van der Waals surface area contributed by atoms with Gasteiger partial charge in [0.25, 0.3) is 0 Å². The number of rotatable bonds is 7. The molecule has 1 heterocycles. The molecule has 1 fully saturated rings. The number of hydrogen-bond acceptors (Lipinski definition) is 6. The zero-order valence-corrected chi connectivity index (χ0v) is 17.1. The van der Waals surface area contributed by atoms with Gasteiger partial charge in [0.1, 0.15) is 5.60 Å². The van der Waals surface area contributed by atoms with E-state index in [1.165, 1.54) is 5.69 Å². The van der Waals surface area contributed by atoms with Gasteiger partial charge in [-0.15, -0.1) is 0 Å². The fourth-order valence-electron chi connectivity index (χ4n) is 3.43. The molecule has 1 aromatic rings. The van der Waals surface area contributed by atoms with Crippen molar-refractivity contribution < 1.29 is 9.53 Å². The van der Waals surface area contributed by atoms with Crippen molar-refractivity contribution in [3.05, 3.63) is 29.8 Å². The van der Waals surface area contributed by atoms with E-state index in [0.29, 0.717) is 25.8 Å². The summed E-state index contributed by atoms with van der Waals surface area (Å²) in [4.78, 5) is 15.9. The predicted molar refractivity (Wildman–Crippen MR) is 108 cm³/mol. The first-order valence-corrected chi connectivity index (χ1v) is 9.91. The summed E-state index contributed by atoms with van der Waals surface area (Å²) in [6.07, 6.45) is 5.51. The van der Waals surface area contributed by atoms with E-state index in [1.54, 1.807) is 4.90 Å². The Kier molecular flexibility index (Phi) is 7.70. The molecule has 2 rings (SSSR count). The Hall–Kier alpha value is -2.73. The third-order valence-electron chi connectivity index (χ3n) is 4.84. The molecule has 0 amide bonds. The highest BCUT2D eigenvalue weighted by Crippen LogP contribution is 2.23. The molecule has 150 valence electrons. The first-order valence-electron chi connectivity index (χ1n) is 9.91. The summed E-state index contributed by atoms with van der Waals surface area (Å²) in [5.41, 5.74) is 1.85. The number of nitrogens with zero attached hydrogens (tertiary/aromatic N) is 4. The van der Waals surface area contributed by atoms with Gasteiger partial charge < -0.3 is 14.5 Å². The van der Waals surface area contributed by atoms with Crippen molar-refractivity contribution in [1.29, 1.82) is 10.5 Å². The molecule has 0 bridgehead atoms. The van der Waals surface area contributed by atoms with Gasteiger partial charge in [0.2, 0.25) is 0 Å².